The standard InChI is InChI=1S/C24H23ClN2O5S/c25-18-9-5-4-8-15(18)19-13-33-24(26-19)27-12-21(29)20(28)10-16(14-6-2-1-3-7-14)17(23(27)32)11-22(30)31/h1-9,13,16-17,20-21,28-29H,10-12H2,(H,30,31)/t16?,17-,20+,21-/m0/s1. The number of hydrogen-bond acceptors (Lipinski definition) is 6. The third-order valence-electron chi connectivity index (χ3n) is 5.87. The third kappa shape index (κ3) is 5.09. The quantitative estimate of drug-likeness (QED) is 0.506. The van der Waals surface area contributed by atoms with Gasteiger partial charge in [-0.05, 0) is 24.0 Å². The van der Waals surface area contributed by atoms with Crippen molar-refractivity contribution in [2.24, 2.45) is 5.92 Å². The van der Waals surface area contributed by atoms with Gasteiger partial charge in [0.25, 0.3) is 0 Å². The molecule has 1 fully saturated rings. The van der Waals surface area contributed by atoms with E-state index in [9.17, 15) is 24.9 Å². The Morgan fingerprint density at radius 2 is 1.79 bits per heavy atom. The third-order valence-corrected chi connectivity index (χ3v) is 7.07. The lowest BCUT2D eigenvalue weighted by atomic mass is 9.77. The number of halogens is 1. The van der Waals surface area contributed by atoms with Crippen LogP contribution in [0.15, 0.2) is 60.0 Å². The van der Waals surface area contributed by atoms with E-state index in [1.807, 2.05) is 18.2 Å². The normalized spacial score (nSPS) is 23.7. The number of amides is 1. The highest BCUT2D eigenvalue weighted by Gasteiger charge is 2.41. The average molecular weight is 487 g/mol. The van der Waals surface area contributed by atoms with Crippen molar-refractivity contribution in [3.8, 4) is 11.3 Å². The van der Waals surface area contributed by atoms with E-state index in [1.165, 1.54) is 16.2 Å². The molecule has 1 saturated heterocycles. The van der Waals surface area contributed by atoms with Crippen LogP contribution in [0.3, 0.4) is 0 Å². The number of carboxylic acids is 1. The maximum atomic E-state index is 13.7. The summed E-state index contributed by atoms with van der Waals surface area (Å²) in [5.74, 6) is -3.07. The predicted octanol–water partition coefficient (Wildman–Crippen LogP) is 3.80. The number of β-amino-alcohol motifs (C(OH)–C–C–N with tert-alkyl or cyclic N) is 1. The summed E-state index contributed by atoms with van der Waals surface area (Å²) in [6, 6.07) is 16.2. The average Bonchev–Trinajstić information content (AvgIpc) is 3.28. The summed E-state index contributed by atoms with van der Waals surface area (Å²) in [4.78, 5) is 31.2. The molecule has 1 aliphatic heterocycles. The fourth-order valence-corrected chi connectivity index (χ4v) is 5.26. The van der Waals surface area contributed by atoms with Crippen LogP contribution in [0, 0.1) is 5.92 Å². The smallest absolute Gasteiger partial charge is 0.304 e. The molecular formula is C24H23ClN2O5S. The van der Waals surface area contributed by atoms with Crippen molar-refractivity contribution in [1.29, 1.82) is 0 Å². The molecule has 0 aliphatic carbocycles. The Kier molecular flexibility index (Phi) is 7.09. The number of thiazole rings is 1. The fourth-order valence-electron chi connectivity index (χ4n) is 4.19. The number of hydrogen-bond donors (Lipinski definition) is 3. The first-order chi connectivity index (χ1) is 15.8. The molecule has 9 heteroatoms. The highest BCUT2D eigenvalue weighted by atomic mass is 35.5. The minimum atomic E-state index is -1.21. The highest BCUT2D eigenvalue weighted by molar-refractivity contribution is 7.14. The Morgan fingerprint density at radius 1 is 1.09 bits per heavy atom. The molecule has 0 spiro atoms. The Morgan fingerprint density at radius 3 is 2.48 bits per heavy atom. The minimum absolute atomic E-state index is 0.0749. The lowest BCUT2D eigenvalue weighted by molar-refractivity contribution is -0.141. The maximum Gasteiger partial charge on any atom is 0.304 e. The van der Waals surface area contributed by atoms with Crippen LogP contribution in [0.2, 0.25) is 5.02 Å². The van der Waals surface area contributed by atoms with Crippen LogP contribution >= 0.6 is 22.9 Å². The molecule has 2 aromatic carbocycles. The molecule has 1 aliphatic rings. The molecule has 0 saturated carbocycles. The Balaban J connectivity index is 1.74. The van der Waals surface area contributed by atoms with Crippen molar-refractivity contribution in [3.63, 3.8) is 0 Å². The van der Waals surface area contributed by atoms with Crippen LogP contribution in [0.1, 0.15) is 24.3 Å². The number of aliphatic hydroxyl groups is 2. The van der Waals surface area contributed by atoms with Gasteiger partial charge in [-0.3, -0.25) is 14.5 Å². The molecule has 0 bridgehead atoms. The Hall–Kier alpha value is -2.78. The first kappa shape index (κ1) is 23.4. The van der Waals surface area contributed by atoms with E-state index in [1.54, 1.807) is 41.8 Å². The molecule has 1 unspecified atom stereocenters. The number of aromatic nitrogens is 1. The summed E-state index contributed by atoms with van der Waals surface area (Å²) < 4.78 is 0. The van der Waals surface area contributed by atoms with Crippen LogP contribution < -0.4 is 4.90 Å². The second kappa shape index (κ2) is 10.0. The topological polar surface area (TPSA) is 111 Å². The van der Waals surface area contributed by atoms with Crippen LogP contribution in [0.4, 0.5) is 5.13 Å². The van der Waals surface area contributed by atoms with Gasteiger partial charge < -0.3 is 15.3 Å². The summed E-state index contributed by atoms with van der Waals surface area (Å²) in [5, 5.41) is 33.4. The fraction of sp³-hybridized carbons (Fsp3) is 0.292. The number of nitrogens with zero attached hydrogens (tertiary/aromatic N) is 2. The monoisotopic (exact) mass is 486 g/mol. The minimum Gasteiger partial charge on any atom is -0.481 e. The van der Waals surface area contributed by atoms with Gasteiger partial charge in [0.1, 0.15) is 0 Å². The molecule has 33 heavy (non-hydrogen) atoms. The van der Waals surface area contributed by atoms with Crippen molar-refractivity contribution in [2.45, 2.75) is 31.0 Å². The van der Waals surface area contributed by atoms with Gasteiger partial charge in [-0.25, -0.2) is 4.98 Å². The van der Waals surface area contributed by atoms with Crippen molar-refractivity contribution < 1.29 is 24.9 Å². The van der Waals surface area contributed by atoms with Crippen molar-refractivity contribution in [3.05, 3.63) is 70.6 Å². The van der Waals surface area contributed by atoms with Crippen LogP contribution in [-0.4, -0.2) is 50.9 Å². The summed E-state index contributed by atoms with van der Waals surface area (Å²) in [5.41, 5.74) is 2.01. The number of benzene rings is 2. The van der Waals surface area contributed by atoms with Gasteiger partial charge in [0.15, 0.2) is 5.13 Å². The highest BCUT2D eigenvalue weighted by Crippen LogP contribution is 2.38. The molecule has 1 amide bonds. The van der Waals surface area contributed by atoms with Crippen LogP contribution in [0.25, 0.3) is 11.3 Å². The van der Waals surface area contributed by atoms with Crippen molar-refractivity contribution in [1.82, 2.24) is 4.98 Å². The van der Waals surface area contributed by atoms with Gasteiger partial charge >= 0.3 is 5.97 Å². The lowest BCUT2D eigenvalue weighted by Crippen LogP contribution is -2.50. The SMILES string of the molecule is O=C(O)C[C@@H]1C(=O)N(c2nc(-c3ccccc3Cl)cs2)C[C@H](O)[C@H](O)CC1c1ccccc1. The number of aliphatic hydroxyl groups excluding tert-OH is 2. The van der Waals surface area contributed by atoms with E-state index in [0.717, 1.165) is 5.56 Å². The number of carbonyl (C=O) groups excluding carboxylic acids is 1. The number of anilines is 1. The second-order valence-corrected chi connectivity index (χ2v) is 9.28. The molecule has 172 valence electrons. The zero-order valence-corrected chi connectivity index (χ0v) is 19.1. The molecular weight excluding hydrogens is 464 g/mol. The zero-order valence-electron chi connectivity index (χ0n) is 17.5. The molecule has 4 rings (SSSR count). The largest absolute Gasteiger partial charge is 0.481 e. The number of rotatable bonds is 5. The van der Waals surface area contributed by atoms with Gasteiger partial charge in [0.2, 0.25) is 5.91 Å². The molecule has 3 aromatic rings. The van der Waals surface area contributed by atoms with Gasteiger partial charge in [0.05, 0.1) is 36.8 Å². The lowest BCUT2D eigenvalue weighted by Gasteiger charge is -2.37. The van der Waals surface area contributed by atoms with Gasteiger partial charge in [0, 0.05) is 16.0 Å². The molecule has 3 N–H and O–H groups in total. The number of carboxylic acid groups (broad SMARTS) is 1. The van der Waals surface area contributed by atoms with E-state index in [2.05, 4.69) is 4.98 Å². The summed E-state index contributed by atoms with van der Waals surface area (Å²) >= 11 is 7.48. The molecule has 0 radical (unpaired) electrons. The van der Waals surface area contributed by atoms with Gasteiger partial charge in [-0.1, -0.05) is 60.1 Å². The summed E-state index contributed by atoms with van der Waals surface area (Å²) in [7, 11) is 0. The van der Waals surface area contributed by atoms with E-state index < -0.39 is 42.3 Å². The predicted molar refractivity (Wildman–Crippen MR) is 126 cm³/mol. The maximum absolute atomic E-state index is 13.7. The number of carbonyl (C=O) groups is 2. The molecule has 7 nitrogen and oxygen atoms in total. The van der Waals surface area contributed by atoms with E-state index >= 15 is 0 Å². The van der Waals surface area contributed by atoms with Crippen LogP contribution in [0.5, 0.6) is 0 Å². The van der Waals surface area contributed by atoms with Crippen LogP contribution in [-0.2, 0) is 9.59 Å². The Bertz CT molecular complexity index is 1140. The Labute approximate surface area is 199 Å². The van der Waals surface area contributed by atoms with Gasteiger partial charge in [-0.15, -0.1) is 11.3 Å². The summed E-state index contributed by atoms with van der Waals surface area (Å²) in [6.45, 7) is -0.187. The van der Waals surface area contributed by atoms with E-state index in [0.29, 0.717) is 21.4 Å². The summed E-state index contributed by atoms with van der Waals surface area (Å²) in [6.07, 6.45) is -2.67. The van der Waals surface area contributed by atoms with Crippen molar-refractivity contribution >= 4 is 39.9 Å². The zero-order chi connectivity index (χ0) is 23.5. The number of aliphatic carboxylic acids is 1. The first-order valence-electron chi connectivity index (χ1n) is 10.5. The van der Waals surface area contributed by atoms with Gasteiger partial charge in [-0.2, -0.15) is 0 Å². The first-order valence-corrected chi connectivity index (χ1v) is 11.8. The second-order valence-electron chi connectivity index (χ2n) is 8.04. The molecule has 1 aromatic heterocycles. The van der Waals surface area contributed by atoms with E-state index in [4.69, 9.17) is 11.6 Å². The van der Waals surface area contributed by atoms with E-state index in [-0.39, 0.29) is 13.0 Å². The van der Waals surface area contributed by atoms with Crippen molar-refractivity contribution in [2.75, 3.05) is 11.4 Å². The molecule has 2 heterocycles. The molecule has 4 atom stereocenters.